The Labute approximate surface area is 116 Å². The normalized spacial score (nSPS) is 25.9. The number of carbonyl (C=O) groups excluding carboxylic acids is 1. The van der Waals surface area contributed by atoms with Gasteiger partial charge in [-0.05, 0) is 49.5 Å². The van der Waals surface area contributed by atoms with E-state index in [1.807, 2.05) is 23.1 Å². The zero-order chi connectivity index (χ0) is 13.5. The number of fused-ring (bicyclic) bond motifs is 2. The summed E-state index contributed by atoms with van der Waals surface area (Å²) in [7, 11) is 0. The van der Waals surface area contributed by atoms with Gasteiger partial charge in [0.2, 0.25) is 0 Å². The lowest BCUT2D eigenvalue weighted by Crippen LogP contribution is -2.35. The van der Waals surface area contributed by atoms with E-state index in [-0.39, 0.29) is 5.91 Å². The largest absolute Gasteiger partial charge is 0.338 e. The standard InChI is InChI=1S/C14H17N5O/c20-14(9-1-2-12-13(5-9)17-18-16-12)19-7-10-3-4-15-6-11(10)8-19/h1-2,5,10-11,15H,3-4,6-8H2,(H,16,17,18)/t10-,11-/m1/s1. The molecule has 3 heterocycles. The lowest BCUT2D eigenvalue weighted by atomic mass is 9.90. The number of aromatic nitrogens is 3. The molecule has 0 unspecified atom stereocenters. The second-order valence-electron chi connectivity index (χ2n) is 5.75. The third-order valence-corrected chi connectivity index (χ3v) is 4.53. The van der Waals surface area contributed by atoms with Crippen LogP contribution in [0.4, 0.5) is 0 Å². The minimum Gasteiger partial charge on any atom is -0.338 e. The second-order valence-corrected chi connectivity index (χ2v) is 5.75. The van der Waals surface area contributed by atoms with Crippen LogP contribution in [0.2, 0.25) is 0 Å². The predicted molar refractivity (Wildman–Crippen MR) is 74.3 cm³/mol. The summed E-state index contributed by atoms with van der Waals surface area (Å²) in [5.74, 6) is 1.39. The first-order valence-corrected chi connectivity index (χ1v) is 7.12. The van der Waals surface area contributed by atoms with Crippen LogP contribution in [0.1, 0.15) is 16.8 Å². The van der Waals surface area contributed by atoms with Gasteiger partial charge in [-0.2, -0.15) is 15.4 Å². The third-order valence-electron chi connectivity index (χ3n) is 4.53. The Bertz CT molecular complexity index is 638. The van der Waals surface area contributed by atoms with E-state index in [0.717, 1.165) is 37.2 Å². The van der Waals surface area contributed by atoms with E-state index < -0.39 is 0 Å². The average molecular weight is 271 g/mol. The van der Waals surface area contributed by atoms with Crippen molar-refractivity contribution >= 4 is 16.9 Å². The lowest BCUT2D eigenvalue weighted by Gasteiger charge is -2.23. The maximum atomic E-state index is 12.6. The van der Waals surface area contributed by atoms with Crippen molar-refractivity contribution in [1.29, 1.82) is 0 Å². The molecular weight excluding hydrogens is 254 g/mol. The van der Waals surface area contributed by atoms with E-state index in [4.69, 9.17) is 0 Å². The third kappa shape index (κ3) is 1.87. The summed E-state index contributed by atoms with van der Waals surface area (Å²) in [6, 6.07) is 5.51. The summed E-state index contributed by atoms with van der Waals surface area (Å²) >= 11 is 0. The minimum atomic E-state index is 0.115. The van der Waals surface area contributed by atoms with Gasteiger partial charge in [0.05, 0.1) is 0 Å². The smallest absolute Gasteiger partial charge is 0.253 e. The van der Waals surface area contributed by atoms with Gasteiger partial charge in [-0.15, -0.1) is 0 Å². The Morgan fingerprint density at radius 3 is 2.95 bits per heavy atom. The Morgan fingerprint density at radius 2 is 2.05 bits per heavy atom. The molecule has 0 saturated carbocycles. The number of hydrogen-bond donors (Lipinski definition) is 2. The highest BCUT2D eigenvalue weighted by Gasteiger charge is 2.36. The van der Waals surface area contributed by atoms with Gasteiger partial charge < -0.3 is 10.2 Å². The number of nitrogens with one attached hydrogen (secondary N) is 2. The number of hydrogen-bond acceptors (Lipinski definition) is 4. The first kappa shape index (κ1) is 11.8. The molecule has 0 spiro atoms. The van der Waals surface area contributed by atoms with Crippen LogP contribution in [-0.2, 0) is 0 Å². The highest BCUT2D eigenvalue weighted by Crippen LogP contribution is 2.29. The molecule has 2 N–H and O–H groups in total. The summed E-state index contributed by atoms with van der Waals surface area (Å²) in [5.41, 5.74) is 2.24. The van der Waals surface area contributed by atoms with Gasteiger partial charge in [0.1, 0.15) is 11.0 Å². The Hall–Kier alpha value is -1.95. The molecule has 2 aromatic rings. The van der Waals surface area contributed by atoms with Gasteiger partial charge in [-0.25, -0.2) is 0 Å². The quantitative estimate of drug-likeness (QED) is 0.798. The number of carbonyl (C=O) groups is 1. The van der Waals surface area contributed by atoms with Crippen LogP contribution in [0.15, 0.2) is 18.2 Å². The number of rotatable bonds is 1. The van der Waals surface area contributed by atoms with Crippen molar-refractivity contribution < 1.29 is 4.79 Å². The van der Waals surface area contributed by atoms with Crippen molar-refractivity contribution in [2.24, 2.45) is 11.8 Å². The molecule has 2 saturated heterocycles. The minimum absolute atomic E-state index is 0.115. The van der Waals surface area contributed by atoms with Crippen molar-refractivity contribution in [3.63, 3.8) is 0 Å². The molecule has 2 fully saturated rings. The topological polar surface area (TPSA) is 73.9 Å². The van der Waals surface area contributed by atoms with E-state index in [0.29, 0.717) is 17.4 Å². The molecule has 2 aliphatic rings. The van der Waals surface area contributed by atoms with E-state index in [2.05, 4.69) is 20.7 Å². The van der Waals surface area contributed by atoms with Crippen LogP contribution in [0.3, 0.4) is 0 Å². The summed E-state index contributed by atoms with van der Waals surface area (Å²) < 4.78 is 0. The number of benzene rings is 1. The van der Waals surface area contributed by atoms with E-state index >= 15 is 0 Å². The summed E-state index contributed by atoms with van der Waals surface area (Å²) in [6.07, 6.45) is 1.18. The predicted octanol–water partition coefficient (Wildman–Crippen LogP) is 0.639. The zero-order valence-corrected chi connectivity index (χ0v) is 11.2. The summed E-state index contributed by atoms with van der Waals surface area (Å²) in [4.78, 5) is 14.6. The molecule has 104 valence electrons. The van der Waals surface area contributed by atoms with Crippen molar-refractivity contribution in [2.75, 3.05) is 26.2 Å². The van der Waals surface area contributed by atoms with Crippen molar-refractivity contribution in [3.05, 3.63) is 23.8 Å². The number of piperidine rings is 1. The Balaban J connectivity index is 1.57. The van der Waals surface area contributed by atoms with Crippen LogP contribution in [0.5, 0.6) is 0 Å². The Morgan fingerprint density at radius 1 is 1.20 bits per heavy atom. The monoisotopic (exact) mass is 271 g/mol. The first-order chi connectivity index (χ1) is 9.81. The molecule has 0 bridgehead atoms. The fourth-order valence-corrected chi connectivity index (χ4v) is 3.39. The molecule has 0 radical (unpaired) electrons. The average Bonchev–Trinajstić information content (AvgIpc) is 3.11. The highest BCUT2D eigenvalue weighted by atomic mass is 16.2. The number of likely N-dealkylation sites (tertiary alicyclic amines) is 1. The molecule has 6 nitrogen and oxygen atoms in total. The van der Waals surface area contributed by atoms with Crippen molar-refractivity contribution in [1.82, 2.24) is 25.6 Å². The Kier molecular flexibility index (Phi) is 2.70. The molecule has 2 aliphatic heterocycles. The van der Waals surface area contributed by atoms with Crippen LogP contribution in [-0.4, -0.2) is 52.4 Å². The van der Waals surface area contributed by atoms with E-state index in [1.165, 1.54) is 6.42 Å². The van der Waals surface area contributed by atoms with Crippen molar-refractivity contribution in [2.45, 2.75) is 6.42 Å². The van der Waals surface area contributed by atoms with Crippen LogP contribution in [0, 0.1) is 11.8 Å². The van der Waals surface area contributed by atoms with Gasteiger partial charge in [-0.3, -0.25) is 4.79 Å². The number of nitrogens with zero attached hydrogens (tertiary/aromatic N) is 3. The molecule has 1 aromatic heterocycles. The lowest BCUT2D eigenvalue weighted by molar-refractivity contribution is 0.0784. The SMILES string of the molecule is O=C(c1ccc2n[nH]nc2c1)N1C[C@H]2CCNC[C@@H]2C1. The molecule has 20 heavy (non-hydrogen) atoms. The fourth-order valence-electron chi connectivity index (χ4n) is 3.39. The number of H-pyrrole nitrogens is 1. The van der Waals surface area contributed by atoms with Gasteiger partial charge in [0.15, 0.2) is 0 Å². The van der Waals surface area contributed by atoms with Gasteiger partial charge in [0, 0.05) is 18.7 Å². The van der Waals surface area contributed by atoms with E-state index in [9.17, 15) is 4.79 Å². The molecule has 2 atom stereocenters. The fraction of sp³-hybridized carbons (Fsp3) is 0.500. The van der Waals surface area contributed by atoms with Crippen LogP contribution >= 0.6 is 0 Å². The second kappa shape index (κ2) is 4.56. The van der Waals surface area contributed by atoms with Gasteiger partial charge >= 0.3 is 0 Å². The molecule has 6 heteroatoms. The van der Waals surface area contributed by atoms with Crippen molar-refractivity contribution in [3.8, 4) is 0 Å². The van der Waals surface area contributed by atoms with Crippen LogP contribution in [0.25, 0.3) is 11.0 Å². The van der Waals surface area contributed by atoms with Gasteiger partial charge in [0.25, 0.3) is 5.91 Å². The molecule has 4 rings (SSSR count). The maximum absolute atomic E-state index is 12.6. The zero-order valence-electron chi connectivity index (χ0n) is 11.2. The summed E-state index contributed by atoms with van der Waals surface area (Å²) in [6.45, 7) is 3.88. The highest BCUT2D eigenvalue weighted by molar-refractivity contribution is 5.97. The van der Waals surface area contributed by atoms with E-state index in [1.54, 1.807) is 0 Å². The number of aromatic amines is 1. The van der Waals surface area contributed by atoms with Crippen LogP contribution < -0.4 is 5.32 Å². The maximum Gasteiger partial charge on any atom is 0.253 e. The number of amides is 1. The first-order valence-electron chi connectivity index (χ1n) is 7.12. The molecular formula is C14H17N5O. The molecule has 1 aromatic carbocycles. The van der Waals surface area contributed by atoms with Gasteiger partial charge in [-0.1, -0.05) is 0 Å². The molecule has 1 amide bonds. The molecule has 0 aliphatic carbocycles. The summed E-state index contributed by atoms with van der Waals surface area (Å²) in [5, 5.41) is 14.0.